The zero-order valence-corrected chi connectivity index (χ0v) is 14.2. The van der Waals surface area contributed by atoms with Crippen LogP contribution in [-0.4, -0.2) is 11.1 Å². The quantitative estimate of drug-likeness (QED) is 0.758. The first kappa shape index (κ1) is 16.3. The van der Waals surface area contributed by atoms with Crippen LogP contribution in [0.5, 0.6) is 0 Å². The summed E-state index contributed by atoms with van der Waals surface area (Å²) in [5, 5.41) is 7.51. The van der Waals surface area contributed by atoms with Crippen LogP contribution in [-0.2, 0) is 6.54 Å². The Morgan fingerprint density at radius 3 is 2.71 bits per heavy atom. The Morgan fingerprint density at radius 2 is 1.96 bits per heavy atom. The third-order valence-corrected chi connectivity index (χ3v) is 4.06. The van der Waals surface area contributed by atoms with Gasteiger partial charge in [0.2, 0.25) is 0 Å². The van der Waals surface area contributed by atoms with Crippen molar-refractivity contribution in [2.24, 2.45) is 0 Å². The number of hydrogen-bond donors (Lipinski definition) is 1. The van der Waals surface area contributed by atoms with Crippen molar-refractivity contribution in [3.05, 3.63) is 75.9 Å². The molecular formula is C19H17ClN2O2. The molecule has 0 atom stereocenters. The fourth-order valence-corrected chi connectivity index (χ4v) is 2.78. The highest BCUT2D eigenvalue weighted by Gasteiger charge is 2.22. The average molecular weight is 341 g/mol. The molecule has 0 aliphatic heterocycles. The van der Waals surface area contributed by atoms with Gasteiger partial charge >= 0.3 is 0 Å². The average Bonchev–Trinajstić information content (AvgIpc) is 2.95. The van der Waals surface area contributed by atoms with E-state index in [0.717, 1.165) is 16.7 Å². The largest absolute Gasteiger partial charge is 0.355 e. The lowest BCUT2D eigenvalue weighted by Crippen LogP contribution is -2.23. The highest BCUT2D eigenvalue weighted by molar-refractivity contribution is 6.30. The molecule has 5 heteroatoms. The molecule has 1 heterocycles. The molecule has 0 saturated heterocycles. The van der Waals surface area contributed by atoms with Crippen LogP contribution in [0.25, 0.3) is 11.3 Å². The topological polar surface area (TPSA) is 55.1 Å². The summed E-state index contributed by atoms with van der Waals surface area (Å²) in [7, 11) is 0. The van der Waals surface area contributed by atoms with Crippen molar-refractivity contribution in [3.63, 3.8) is 0 Å². The van der Waals surface area contributed by atoms with Gasteiger partial charge in [0.05, 0.1) is 5.69 Å². The highest BCUT2D eigenvalue weighted by atomic mass is 35.5. The van der Waals surface area contributed by atoms with E-state index in [4.69, 9.17) is 16.1 Å². The number of carbonyl (C=O) groups excluding carboxylic acids is 1. The summed E-state index contributed by atoms with van der Waals surface area (Å²) in [6.45, 7) is 4.12. The summed E-state index contributed by atoms with van der Waals surface area (Å²) >= 11 is 5.97. The number of nitrogens with zero attached hydrogens (tertiary/aromatic N) is 1. The lowest BCUT2D eigenvalue weighted by molar-refractivity contribution is 0.0950. The lowest BCUT2D eigenvalue weighted by atomic mass is 10.0. The van der Waals surface area contributed by atoms with Gasteiger partial charge in [-0.3, -0.25) is 4.79 Å². The van der Waals surface area contributed by atoms with Crippen molar-refractivity contribution >= 4 is 17.5 Å². The Labute approximate surface area is 145 Å². The summed E-state index contributed by atoms with van der Waals surface area (Å²) in [6.07, 6.45) is 0. The van der Waals surface area contributed by atoms with Crippen LogP contribution in [0.4, 0.5) is 0 Å². The van der Waals surface area contributed by atoms with E-state index in [0.29, 0.717) is 28.6 Å². The molecule has 0 bridgehead atoms. The van der Waals surface area contributed by atoms with Gasteiger partial charge in [-0.05, 0) is 37.1 Å². The van der Waals surface area contributed by atoms with Crippen LogP contribution in [0, 0.1) is 13.8 Å². The summed E-state index contributed by atoms with van der Waals surface area (Å²) in [5.41, 5.74) is 3.86. The van der Waals surface area contributed by atoms with E-state index in [1.54, 1.807) is 13.0 Å². The second-order valence-corrected chi connectivity index (χ2v) is 6.04. The number of amides is 1. The number of rotatable bonds is 4. The molecule has 0 unspecified atom stereocenters. The Balaban J connectivity index is 1.85. The highest BCUT2D eigenvalue weighted by Crippen LogP contribution is 2.28. The van der Waals surface area contributed by atoms with Crippen molar-refractivity contribution in [3.8, 4) is 11.3 Å². The van der Waals surface area contributed by atoms with E-state index in [2.05, 4.69) is 10.5 Å². The van der Waals surface area contributed by atoms with Gasteiger partial charge in [-0.2, -0.15) is 0 Å². The van der Waals surface area contributed by atoms with E-state index < -0.39 is 0 Å². The van der Waals surface area contributed by atoms with Gasteiger partial charge in [0.15, 0.2) is 5.76 Å². The molecule has 1 aromatic heterocycles. The molecule has 4 nitrogen and oxygen atoms in total. The van der Waals surface area contributed by atoms with Gasteiger partial charge in [-0.15, -0.1) is 0 Å². The first-order valence-corrected chi connectivity index (χ1v) is 7.99. The number of halogens is 1. The van der Waals surface area contributed by atoms with Crippen molar-refractivity contribution in [1.82, 2.24) is 10.5 Å². The molecule has 0 fully saturated rings. The number of benzene rings is 2. The molecule has 3 aromatic rings. The van der Waals surface area contributed by atoms with Crippen LogP contribution < -0.4 is 5.32 Å². The zero-order valence-electron chi connectivity index (χ0n) is 13.5. The third-order valence-electron chi connectivity index (χ3n) is 3.82. The summed E-state index contributed by atoms with van der Waals surface area (Å²) in [4.78, 5) is 12.6. The lowest BCUT2D eigenvalue weighted by Gasteiger charge is -2.07. The maximum absolute atomic E-state index is 12.6. The van der Waals surface area contributed by atoms with Crippen LogP contribution in [0.15, 0.2) is 53.1 Å². The fourth-order valence-electron chi connectivity index (χ4n) is 2.57. The van der Waals surface area contributed by atoms with Crippen LogP contribution in [0.2, 0.25) is 5.02 Å². The molecule has 0 aliphatic rings. The van der Waals surface area contributed by atoms with Crippen LogP contribution in [0.1, 0.15) is 27.2 Å². The normalized spacial score (nSPS) is 10.6. The number of carbonyl (C=O) groups is 1. The number of hydrogen-bond acceptors (Lipinski definition) is 3. The van der Waals surface area contributed by atoms with E-state index in [1.807, 2.05) is 49.4 Å². The van der Waals surface area contributed by atoms with Crippen molar-refractivity contribution in [2.75, 3.05) is 0 Å². The Bertz CT molecular complexity index is 887. The van der Waals surface area contributed by atoms with Gasteiger partial charge in [0.1, 0.15) is 5.56 Å². The summed E-state index contributed by atoms with van der Waals surface area (Å²) < 4.78 is 5.42. The van der Waals surface area contributed by atoms with E-state index >= 15 is 0 Å². The van der Waals surface area contributed by atoms with Crippen molar-refractivity contribution < 1.29 is 9.32 Å². The van der Waals surface area contributed by atoms with E-state index in [1.165, 1.54) is 0 Å². The molecule has 1 amide bonds. The molecule has 2 aromatic carbocycles. The second-order valence-electron chi connectivity index (χ2n) is 5.60. The molecular weight excluding hydrogens is 324 g/mol. The minimum Gasteiger partial charge on any atom is -0.355 e. The van der Waals surface area contributed by atoms with Gasteiger partial charge in [-0.25, -0.2) is 0 Å². The maximum atomic E-state index is 12.6. The fraction of sp³-hybridized carbons (Fsp3) is 0.158. The van der Waals surface area contributed by atoms with E-state index in [-0.39, 0.29) is 5.91 Å². The van der Waals surface area contributed by atoms with Gasteiger partial charge < -0.3 is 9.84 Å². The smallest absolute Gasteiger partial charge is 0.257 e. The number of aromatic nitrogens is 1. The van der Waals surface area contributed by atoms with Crippen molar-refractivity contribution in [1.29, 1.82) is 0 Å². The Kier molecular flexibility index (Phi) is 4.67. The second kappa shape index (κ2) is 6.89. The van der Waals surface area contributed by atoms with Crippen molar-refractivity contribution in [2.45, 2.75) is 20.4 Å². The van der Waals surface area contributed by atoms with Gasteiger partial charge in [-0.1, -0.05) is 53.2 Å². The predicted molar refractivity (Wildman–Crippen MR) is 94.0 cm³/mol. The molecule has 1 N–H and O–H groups in total. The summed E-state index contributed by atoms with van der Waals surface area (Å²) in [6, 6.07) is 15.1. The standard InChI is InChI=1S/C19H17ClN2O2/c1-12-6-3-4-9-16(12)18-17(13(2)22-24-18)19(23)21-11-14-7-5-8-15(20)10-14/h3-10H,11H2,1-2H3,(H,21,23). The first-order chi connectivity index (χ1) is 11.6. The van der Waals surface area contributed by atoms with Gasteiger partial charge in [0.25, 0.3) is 5.91 Å². The zero-order chi connectivity index (χ0) is 17.1. The predicted octanol–water partition coefficient (Wildman–Crippen LogP) is 4.54. The Hall–Kier alpha value is -2.59. The third kappa shape index (κ3) is 3.34. The Morgan fingerprint density at radius 1 is 1.17 bits per heavy atom. The molecule has 122 valence electrons. The minimum absolute atomic E-state index is 0.216. The van der Waals surface area contributed by atoms with E-state index in [9.17, 15) is 4.79 Å². The molecule has 0 spiro atoms. The SMILES string of the molecule is Cc1ccccc1-c1onc(C)c1C(=O)NCc1cccc(Cl)c1. The minimum atomic E-state index is -0.216. The number of aryl methyl sites for hydroxylation is 2. The number of nitrogens with one attached hydrogen (secondary N) is 1. The first-order valence-electron chi connectivity index (χ1n) is 7.61. The van der Waals surface area contributed by atoms with Crippen LogP contribution in [0.3, 0.4) is 0 Å². The molecule has 3 rings (SSSR count). The molecule has 0 radical (unpaired) electrons. The monoisotopic (exact) mass is 340 g/mol. The molecule has 0 saturated carbocycles. The summed E-state index contributed by atoms with van der Waals surface area (Å²) in [5.74, 6) is 0.279. The van der Waals surface area contributed by atoms with Gasteiger partial charge in [0, 0.05) is 17.1 Å². The molecule has 0 aliphatic carbocycles. The molecule has 24 heavy (non-hydrogen) atoms. The maximum Gasteiger partial charge on any atom is 0.257 e. The van der Waals surface area contributed by atoms with Crippen LogP contribution >= 0.6 is 11.6 Å².